The molecule has 0 saturated carbocycles. The van der Waals surface area contributed by atoms with Crippen LogP contribution in [0.5, 0.6) is 34.5 Å². The summed E-state index contributed by atoms with van der Waals surface area (Å²) in [6.45, 7) is 7.53. The van der Waals surface area contributed by atoms with Crippen LogP contribution in [0.3, 0.4) is 0 Å². The Morgan fingerprint density at radius 2 is 1.00 bits per heavy atom. The Kier molecular flexibility index (Phi) is 10.2. The van der Waals surface area contributed by atoms with Gasteiger partial charge in [0, 0.05) is 53.0 Å². The van der Waals surface area contributed by atoms with Crippen LogP contribution in [0.2, 0.25) is 0 Å². The zero-order valence-corrected chi connectivity index (χ0v) is 28.6. The summed E-state index contributed by atoms with van der Waals surface area (Å²) in [6, 6.07) is 12.1. The average molecular weight is 689 g/mol. The van der Waals surface area contributed by atoms with Crippen LogP contribution < -0.4 is 20.7 Å². The Morgan fingerprint density at radius 1 is 0.620 bits per heavy atom. The highest BCUT2D eigenvalue weighted by atomic mass is 16.7. The number of methoxy groups -OCH3 is 2. The summed E-state index contributed by atoms with van der Waals surface area (Å²) in [7, 11) is 3.14. The van der Waals surface area contributed by atoms with Crippen LogP contribution in [-0.2, 0) is 9.47 Å². The van der Waals surface area contributed by atoms with Gasteiger partial charge < -0.3 is 48.2 Å². The van der Waals surface area contributed by atoms with E-state index in [1.165, 1.54) is 24.3 Å². The molecule has 6 rings (SSSR count). The van der Waals surface area contributed by atoms with E-state index in [-0.39, 0.29) is 34.8 Å². The molecule has 4 heterocycles. The summed E-state index contributed by atoms with van der Waals surface area (Å²) < 4.78 is 33.2. The fraction of sp³-hybridized carbons (Fsp3) is 0.316. The van der Waals surface area contributed by atoms with Gasteiger partial charge in [-0.05, 0) is 59.4 Å². The lowest BCUT2D eigenvalue weighted by Gasteiger charge is -2.36. The van der Waals surface area contributed by atoms with E-state index in [0.29, 0.717) is 58.1 Å². The molecule has 2 aliphatic heterocycles. The summed E-state index contributed by atoms with van der Waals surface area (Å²) in [5.74, 6) is -0.947. The molecule has 0 radical (unpaired) electrons. The van der Waals surface area contributed by atoms with Crippen molar-refractivity contribution in [1.82, 2.24) is 0 Å². The highest BCUT2D eigenvalue weighted by Gasteiger charge is 2.39. The minimum Gasteiger partial charge on any atom is -0.504 e. The first-order chi connectivity index (χ1) is 23.6. The lowest BCUT2D eigenvalue weighted by Crippen LogP contribution is -2.40. The predicted molar refractivity (Wildman–Crippen MR) is 186 cm³/mol. The molecule has 4 aromatic rings. The van der Waals surface area contributed by atoms with Crippen molar-refractivity contribution in [2.24, 2.45) is 0 Å². The Bertz CT molecular complexity index is 1910. The molecule has 0 bridgehead atoms. The number of phenolic OH excluding ortho intramolecular Hbond substituents is 4. The third kappa shape index (κ3) is 7.88. The van der Waals surface area contributed by atoms with E-state index in [1.54, 1.807) is 62.8 Å². The maximum atomic E-state index is 12.3. The number of hydrogen-bond acceptors (Lipinski definition) is 12. The van der Waals surface area contributed by atoms with Gasteiger partial charge in [0.05, 0.1) is 11.1 Å². The first kappa shape index (κ1) is 35.8. The Morgan fingerprint density at radius 3 is 1.34 bits per heavy atom. The van der Waals surface area contributed by atoms with Gasteiger partial charge in [-0.2, -0.15) is 0 Å². The van der Waals surface area contributed by atoms with Crippen LogP contribution >= 0.6 is 0 Å². The molecule has 50 heavy (non-hydrogen) atoms. The predicted octanol–water partition coefficient (Wildman–Crippen LogP) is 6.94. The molecule has 4 atom stereocenters. The van der Waals surface area contributed by atoms with E-state index >= 15 is 0 Å². The van der Waals surface area contributed by atoms with Crippen molar-refractivity contribution >= 4 is 24.3 Å². The topological polar surface area (TPSA) is 178 Å². The monoisotopic (exact) mass is 688 g/mol. The van der Waals surface area contributed by atoms with Gasteiger partial charge in [-0.1, -0.05) is 38.1 Å². The van der Waals surface area contributed by atoms with Crippen molar-refractivity contribution < 1.29 is 48.2 Å². The number of hydrogen-bond donors (Lipinski definition) is 4. The molecular formula is C38H40O12. The van der Waals surface area contributed by atoms with Crippen molar-refractivity contribution in [3.8, 4) is 34.5 Å². The number of benzene rings is 2. The SMILES string of the molecule is CO[C@@]1(C)C[C@@H](C)c2c(cc(/C=C/c3ccc(O)c(O)c3)oc2=O)O1.CO[C@]1(C)C[C@@H](C)c2c(cc(/C=C/c3ccc(O)c(O)c3)oc2=O)O1. The first-order valence-electron chi connectivity index (χ1n) is 15.9. The minimum atomic E-state index is -0.788. The Balaban J connectivity index is 0.000000194. The average Bonchev–Trinajstić information content (AvgIpc) is 3.05. The zero-order chi connectivity index (χ0) is 36.4. The maximum absolute atomic E-state index is 12.3. The fourth-order valence-electron chi connectivity index (χ4n) is 5.98. The van der Waals surface area contributed by atoms with Crippen LogP contribution in [0.25, 0.3) is 24.3 Å². The van der Waals surface area contributed by atoms with Crippen LogP contribution in [0.15, 0.2) is 67.0 Å². The normalized spacial score (nSPS) is 22.6. The summed E-state index contributed by atoms with van der Waals surface area (Å²) >= 11 is 0. The van der Waals surface area contributed by atoms with Crippen molar-refractivity contribution in [1.29, 1.82) is 0 Å². The Labute approximate surface area is 288 Å². The number of fused-ring (bicyclic) bond motifs is 2. The summed E-state index contributed by atoms with van der Waals surface area (Å²) in [6.07, 6.45) is 7.63. The Hall–Kier alpha value is -5.46. The minimum absolute atomic E-state index is 0.0444. The van der Waals surface area contributed by atoms with Gasteiger partial charge in [0.1, 0.15) is 23.0 Å². The second-order valence-corrected chi connectivity index (χ2v) is 12.7. The molecule has 2 aliphatic rings. The van der Waals surface area contributed by atoms with E-state index in [9.17, 15) is 30.0 Å². The molecular weight excluding hydrogens is 648 g/mol. The van der Waals surface area contributed by atoms with Gasteiger partial charge in [-0.3, -0.25) is 0 Å². The molecule has 0 saturated heterocycles. The van der Waals surface area contributed by atoms with Crippen molar-refractivity contribution in [3.05, 3.63) is 103 Å². The van der Waals surface area contributed by atoms with E-state index < -0.39 is 22.8 Å². The van der Waals surface area contributed by atoms with E-state index in [4.69, 9.17) is 27.8 Å². The third-order valence-corrected chi connectivity index (χ3v) is 8.67. The lowest BCUT2D eigenvalue weighted by molar-refractivity contribution is -0.165. The van der Waals surface area contributed by atoms with Crippen LogP contribution in [0, 0.1) is 0 Å². The molecule has 2 aromatic carbocycles. The summed E-state index contributed by atoms with van der Waals surface area (Å²) in [5, 5.41) is 37.7. The highest BCUT2D eigenvalue weighted by molar-refractivity contribution is 5.70. The number of rotatable bonds is 6. The molecule has 264 valence electrons. The molecule has 12 nitrogen and oxygen atoms in total. The van der Waals surface area contributed by atoms with Gasteiger partial charge >= 0.3 is 11.3 Å². The van der Waals surface area contributed by atoms with Gasteiger partial charge in [0.15, 0.2) is 23.0 Å². The second kappa shape index (κ2) is 14.2. The number of aromatic hydroxyl groups is 4. The van der Waals surface area contributed by atoms with Crippen LogP contribution in [-0.4, -0.2) is 46.2 Å². The third-order valence-electron chi connectivity index (χ3n) is 8.67. The molecule has 0 unspecified atom stereocenters. The number of ether oxygens (including phenoxy) is 4. The number of phenols is 4. The fourth-order valence-corrected chi connectivity index (χ4v) is 5.98. The van der Waals surface area contributed by atoms with Gasteiger partial charge in [0.25, 0.3) is 0 Å². The van der Waals surface area contributed by atoms with Gasteiger partial charge in [-0.15, -0.1) is 0 Å². The van der Waals surface area contributed by atoms with Crippen LogP contribution in [0.4, 0.5) is 0 Å². The molecule has 12 heteroatoms. The van der Waals surface area contributed by atoms with Crippen molar-refractivity contribution in [2.45, 2.75) is 63.9 Å². The summed E-state index contributed by atoms with van der Waals surface area (Å²) in [5.41, 5.74) is 1.44. The van der Waals surface area contributed by atoms with Crippen molar-refractivity contribution in [2.75, 3.05) is 14.2 Å². The first-order valence-corrected chi connectivity index (χ1v) is 15.9. The molecule has 0 spiro atoms. The van der Waals surface area contributed by atoms with Crippen molar-refractivity contribution in [3.63, 3.8) is 0 Å². The maximum Gasteiger partial charge on any atom is 0.343 e. The standard InChI is InChI=1S/2C19H20O6/c2*1-11-10-19(2,23-3)25-16-9-13(24-18(22)17(11)16)6-4-12-5-7-14(20)15(21)8-12/h2*4-9,11,20-21H,10H2,1-3H3/b2*6-4+/t11-,19+;11-,19-/m11/s1. The second-order valence-electron chi connectivity index (χ2n) is 12.7. The smallest absolute Gasteiger partial charge is 0.343 e. The molecule has 4 N–H and O–H groups in total. The highest BCUT2D eigenvalue weighted by Crippen LogP contribution is 2.41. The lowest BCUT2D eigenvalue weighted by atomic mass is 9.91. The van der Waals surface area contributed by atoms with E-state index in [0.717, 1.165) is 0 Å². The largest absolute Gasteiger partial charge is 0.504 e. The molecule has 2 aromatic heterocycles. The summed E-state index contributed by atoms with van der Waals surface area (Å²) in [4.78, 5) is 24.6. The van der Waals surface area contributed by atoms with E-state index in [2.05, 4.69) is 0 Å². The molecule has 0 aliphatic carbocycles. The molecule has 0 fully saturated rings. The van der Waals surface area contributed by atoms with Gasteiger partial charge in [-0.25, -0.2) is 9.59 Å². The van der Waals surface area contributed by atoms with Gasteiger partial charge in [0.2, 0.25) is 11.6 Å². The zero-order valence-electron chi connectivity index (χ0n) is 28.6. The molecule has 0 amide bonds. The quantitative estimate of drug-likeness (QED) is 0.154. The van der Waals surface area contributed by atoms with Crippen LogP contribution in [0.1, 0.15) is 86.1 Å². The van der Waals surface area contributed by atoms with E-state index in [1.807, 2.05) is 27.7 Å².